The smallest absolute Gasteiger partial charge is 0.342 e. The van der Waals surface area contributed by atoms with Crippen LogP contribution in [0.25, 0.3) is 0 Å². The maximum absolute atomic E-state index is 13.4. The van der Waals surface area contributed by atoms with Gasteiger partial charge in [0.25, 0.3) is 0 Å². The van der Waals surface area contributed by atoms with Crippen molar-refractivity contribution in [3.05, 3.63) is 65.5 Å². The van der Waals surface area contributed by atoms with Crippen LogP contribution in [0.4, 0.5) is 4.39 Å². The highest BCUT2D eigenvalue weighted by Crippen LogP contribution is 2.21. The second kappa shape index (κ2) is 6.39. The Labute approximate surface area is 115 Å². The van der Waals surface area contributed by atoms with Gasteiger partial charge in [-0.2, -0.15) is 0 Å². The van der Waals surface area contributed by atoms with Gasteiger partial charge in [-0.05, 0) is 24.3 Å². The third-order valence-corrected chi connectivity index (χ3v) is 2.50. The van der Waals surface area contributed by atoms with E-state index in [9.17, 15) is 9.18 Å². The third kappa shape index (κ3) is 3.36. The largest absolute Gasteiger partial charge is 0.480 e. The monoisotopic (exact) mass is 270 g/mol. The van der Waals surface area contributed by atoms with Gasteiger partial charge in [-0.25, -0.2) is 9.18 Å². The van der Waals surface area contributed by atoms with Crippen LogP contribution in [0.5, 0.6) is 5.75 Å². The Hall–Kier alpha value is -2.80. The first-order valence-corrected chi connectivity index (χ1v) is 5.87. The minimum Gasteiger partial charge on any atom is -0.480 e. The SMILES string of the molecule is O=C(O)c1c(F)cccc1OCC#Cc1ccccc1. The van der Waals surface area contributed by atoms with Crippen LogP contribution in [-0.4, -0.2) is 17.7 Å². The number of carboxylic acids is 1. The van der Waals surface area contributed by atoms with Crippen LogP contribution in [0.3, 0.4) is 0 Å². The molecule has 0 fully saturated rings. The fourth-order valence-corrected chi connectivity index (χ4v) is 1.61. The highest BCUT2D eigenvalue weighted by molar-refractivity contribution is 5.91. The van der Waals surface area contributed by atoms with Crippen LogP contribution in [0.1, 0.15) is 15.9 Å². The van der Waals surface area contributed by atoms with Crippen LogP contribution in [-0.2, 0) is 0 Å². The van der Waals surface area contributed by atoms with E-state index in [1.54, 1.807) is 0 Å². The highest BCUT2D eigenvalue weighted by atomic mass is 19.1. The molecule has 0 heterocycles. The van der Waals surface area contributed by atoms with Crippen molar-refractivity contribution in [1.29, 1.82) is 0 Å². The van der Waals surface area contributed by atoms with Crippen LogP contribution < -0.4 is 4.74 Å². The molecule has 0 aliphatic heterocycles. The summed E-state index contributed by atoms with van der Waals surface area (Å²) in [5, 5.41) is 8.92. The van der Waals surface area contributed by atoms with Gasteiger partial charge in [0.2, 0.25) is 0 Å². The fourth-order valence-electron chi connectivity index (χ4n) is 1.61. The maximum Gasteiger partial charge on any atom is 0.342 e. The van der Waals surface area contributed by atoms with E-state index >= 15 is 0 Å². The molecule has 20 heavy (non-hydrogen) atoms. The molecule has 0 aliphatic rings. The molecule has 0 radical (unpaired) electrons. The second-order valence-corrected chi connectivity index (χ2v) is 3.87. The van der Waals surface area contributed by atoms with E-state index < -0.39 is 17.3 Å². The normalized spacial score (nSPS) is 9.45. The summed E-state index contributed by atoms with van der Waals surface area (Å²) in [5.74, 6) is 3.39. The lowest BCUT2D eigenvalue weighted by Gasteiger charge is -2.06. The Kier molecular flexibility index (Phi) is 4.35. The van der Waals surface area contributed by atoms with E-state index in [2.05, 4.69) is 11.8 Å². The lowest BCUT2D eigenvalue weighted by Crippen LogP contribution is -2.06. The number of halogens is 1. The van der Waals surface area contributed by atoms with E-state index in [1.807, 2.05) is 30.3 Å². The van der Waals surface area contributed by atoms with Crippen molar-refractivity contribution >= 4 is 5.97 Å². The molecule has 4 heteroatoms. The minimum absolute atomic E-state index is 0.0153. The first kappa shape index (κ1) is 13.6. The predicted molar refractivity (Wildman–Crippen MR) is 72.2 cm³/mol. The molecule has 2 aromatic rings. The van der Waals surface area contributed by atoms with Crippen LogP contribution in [0, 0.1) is 17.7 Å². The molecule has 0 aliphatic carbocycles. The van der Waals surface area contributed by atoms with Crippen molar-refractivity contribution in [2.45, 2.75) is 0 Å². The molecule has 3 nitrogen and oxygen atoms in total. The Morgan fingerprint density at radius 3 is 2.60 bits per heavy atom. The molecule has 0 bridgehead atoms. The summed E-state index contributed by atoms with van der Waals surface area (Å²) in [4.78, 5) is 10.9. The number of carboxylic acid groups (broad SMARTS) is 1. The van der Waals surface area contributed by atoms with Crippen LogP contribution >= 0.6 is 0 Å². The number of hydrogen-bond donors (Lipinski definition) is 1. The van der Waals surface area contributed by atoms with Gasteiger partial charge >= 0.3 is 5.97 Å². The minimum atomic E-state index is -1.37. The fraction of sp³-hybridized carbons (Fsp3) is 0.0625. The maximum atomic E-state index is 13.4. The molecule has 0 aromatic heterocycles. The standard InChI is InChI=1S/C16H11FO3/c17-13-9-4-10-14(15(13)16(18)19)20-11-5-8-12-6-2-1-3-7-12/h1-4,6-7,9-10H,11H2,(H,18,19). The lowest BCUT2D eigenvalue weighted by atomic mass is 10.2. The molecule has 0 unspecified atom stereocenters. The van der Waals surface area contributed by atoms with Gasteiger partial charge in [0.15, 0.2) is 0 Å². The molecule has 2 aromatic carbocycles. The molecule has 0 saturated carbocycles. The van der Waals surface area contributed by atoms with Crippen molar-refractivity contribution in [3.8, 4) is 17.6 Å². The second-order valence-electron chi connectivity index (χ2n) is 3.87. The summed E-state index contributed by atoms with van der Waals surface area (Å²) in [6.07, 6.45) is 0. The van der Waals surface area contributed by atoms with E-state index in [0.29, 0.717) is 0 Å². The Morgan fingerprint density at radius 1 is 1.15 bits per heavy atom. The van der Waals surface area contributed by atoms with Gasteiger partial charge in [0.05, 0.1) is 0 Å². The molecule has 0 atom stereocenters. The summed E-state index contributed by atoms with van der Waals surface area (Å²) < 4.78 is 18.6. The quantitative estimate of drug-likeness (QED) is 0.872. The van der Waals surface area contributed by atoms with Crippen molar-refractivity contribution in [1.82, 2.24) is 0 Å². The third-order valence-electron chi connectivity index (χ3n) is 2.50. The number of ether oxygens (including phenoxy) is 1. The first-order valence-electron chi connectivity index (χ1n) is 5.87. The molecule has 0 spiro atoms. The molecule has 100 valence electrons. The Morgan fingerprint density at radius 2 is 1.90 bits per heavy atom. The predicted octanol–water partition coefficient (Wildman–Crippen LogP) is 2.95. The van der Waals surface area contributed by atoms with Crippen molar-refractivity contribution in [3.63, 3.8) is 0 Å². The van der Waals surface area contributed by atoms with Crippen LogP contribution in [0.2, 0.25) is 0 Å². The number of rotatable bonds is 3. The van der Waals surface area contributed by atoms with Crippen molar-refractivity contribution in [2.24, 2.45) is 0 Å². The summed E-state index contributed by atoms with van der Waals surface area (Å²) >= 11 is 0. The molecule has 0 amide bonds. The highest BCUT2D eigenvalue weighted by Gasteiger charge is 2.16. The van der Waals surface area contributed by atoms with Crippen molar-refractivity contribution < 1.29 is 19.0 Å². The zero-order valence-corrected chi connectivity index (χ0v) is 10.5. The molecular weight excluding hydrogens is 259 g/mol. The summed E-state index contributed by atoms with van der Waals surface area (Å²) in [6.45, 7) is -0.0153. The number of carbonyl (C=O) groups is 1. The van der Waals surface area contributed by atoms with Gasteiger partial charge in [0, 0.05) is 5.56 Å². The Balaban J connectivity index is 2.07. The zero-order chi connectivity index (χ0) is 14.4. The average molecular weight is 270 g/mol. The number of aromatic carboxylic acids is 1. The van der Waals surface area contributed by atoms with Crippen LogP contribution in [0.15, 0.2) is 48.5 Å². The van der Waals surface area contributed by atoms with Gasteiger partial charge in [0.1, 0.15) is 23.7 Å². The van der Waals surface area contributed by atoms with E-state index in [4.69, 9.17) is 9.84 Å². The lowest BCUT2D eigenvalue weighted by molar-refractivity contribution is 0.0687. The first-order chi connectivity index (χ1) is 9.68. The average Bonchev–Trinajstić information content (AvgIpc) is 2.44. The molecular formula is C16H11FO3. The van der Waals surface area contributed by atoms with Gasteiger partial charge in [-0.3, -0.25) is 0 Å². The molecule has 1 N–H and O–H groups in total. The van der Waals surface area contributed by atoms with E-state index in [1.165, 1.54) is 12.1 Å². The summed E-state index contributed by atoms with van der Waals surface area (Å²) in [5.41, 5.74) is 0.350. The van der Waals surface area contributed by atoms with Gasteiger partial charge in [-0.1, -0.05) is 36.1 Å². The molecule has 2 rings (SSSR count). The van der Waals surface area contributed by atoms with Crippen molar-refractivity contribution in [2.75, 3.05) is 6.61 Å². The van der Waals surface area contributed by atoms with Gasteiger partial charge < -0.3 is 9.84 Å². The Bertz CT molecular complexity index is 669. The van der Waals surface area contributed by atoms with E-state index in [-0.39, 0.29) is 12.4 Å². The number of benzene rings is 2. The summed E-state index contributed by atoms with van der Waals surface area (Å²) in [6, 6.07) is 13.2. The summed E-state index contributed by atoms with van der Waals surface area (Å²) in [7, 11) is 0. The van der Waals surface area contributed by atoms with E-state index in [0.717, 1.165) is 11.6 Å². The number of hydrogen-bond acceptors (Lipinski definition) is 2. The molecule has 0 saturated heterocycles. The zero-order valence-electron chi connectivity index (χ0n) is 10.5. The van der Waals surface area contributed by atoms with Gasteiger partial charge in [-0.15, -0.1) is 0 Å². The topological polar surface area (TPSA) is 46.5 Å².